The van der Waals surface area contributed by atoms with Crippen molar-refractivity contribution in [3.63, 3.8) is 0 Å². The number of hydrogen-bond acceptors (Lipinski definition) is 3. The molecule has 2 heterocycles. The van der Waals surface area contributed by atoms with E-state index in [-0.39, 0.29) is 5.56 Å². The third-order valence-corrected chi connectivity index (χ3v) is 3.64. The zero-order chi connectivity index (χ0) is 16.4. The number of rotatable bonds is 3. The maximum atomic E-state index is 12.6. The molecule has 0 radical (unpaired) electrons. The lowest BCUT2D eigenvalue weighted by atomic mass is 10.2. The molecule has 0 aliphatic rings. The van der Waals surface area contributed by atoms with Crippen LogP contribution in [0.1, 0.15) is 16.8 Å². The number of hydrogen-bond donors (Lipinski definition) is 1. The number of halogens is 1. The molecule has 0 amide bonds. The van der Waals surface area contributed by atoms with E-state index in [4.69, 9.17) is 11.6 Å². The summed E-state index contributed by atoms with van der Waals surface area (Å²) in [4.78, 5) is 20.9. The van der Waals surface area contributed by atoms with Gasteiger partial charge in [0.25, 0.3) is 5.56 Å². The van der Waals surface area contributed by atoms with Crippen molar-refractivity contribution in [3.8, 4) is 5.69 Å². The Morgan fingerprint density at radius 2 is 2.09 bits per heavy atom. The van der Waals surface area contributed by atoms with Crippen LogP contribution in [-0.2, 0) is 0 Å². The maximum absolute atomic E-state index is 12.6. The fourth-order valence-electron chi connectivity index (χ4n) is 2.24. The highest BCUT2D eigenvalue weighted by molar-refractivity contribution is 6.30. The largest absolute Gasteiger partial charge is 0.295 e. The van der Waals surface area contributed by atoms with Gasteiger partial charge in [0.15, 0.2) is 5.82 Å². The van der Waals surface area contributed by atoms with E-state index in [9.17, 15) is 4.79 Å². The molecule has 0 spiro atoms. The molecule has 1 N–H and O–H groups in total. The number of aromatic amines is 1. The fourth-order valence-corrected chi connectivity index (χ4v) is 2.35. The van der Waals surface area contributed by atoms with Gasteiger partial charge in [-0.1, -0.05) is 23.7 Å². The highest BCUT2D eigenvalue weighted by atomic mass is 35.5. The number of aryl methyl sites for hydroxylation is 2. The van der Waals surface area contributed by atoms with E-state index in [1.54, 1.807) is 12.1 Å². The molecule has 0 saturated carbocycles. The number of pyridine rings is 1. The lowest BCUT2D eigenvalue weighted by molar-refractivity contribution is 0.834. The van der Waals surface area contributed by atoms with E-state index in [0.717, 1.165) is 16.9 Å². The lowest BCUT2D eigenvalue weighted by Gasteiger charge is -2.02. The van der Waals surface area contributed by atoms with Gasteiger partial charge in [0.1, 0.15) is 0 Å². The Bertz CT molecular complexity index is 923. The Labute approximate surface area is 138 Å². The first-order valence-electron chi connectivity index (χ1n) is 7.09. The smallest absolute Gasteiger partial charge is 0.280 e. The van der Waals surface area contributed by atoms with Crippen LogP contribution in [0.5, 0.6) is 0 Å². The highest BCUT2D eigenvalue weighted by Gasteiger charge is 2.10. The lowest BCUT2D eigenvalue weighted by Crippen LogP contribution is -2.17. The summed E-state index contributed by atoms with van der Waals surface area (Å²) in [6.45, 7) is 3.82. The predicted octanol–water partition coefficient (Wildman–Crippen LogP) is 3.58. The summed E-state index contributed by atoms with van der Waals surface area (Å²) in [5.74, 6) is 0.497. The molecular weight excluding hydrogens is 312 g/mol. The summed E-state index contributed by atoms with van der Waals surface area (Å²) in [5, 5.41) is 3.62. The minimum Gasteiger partial charge on any atom is -0.295 e. The van der Waals surface area contributed by atoms with Gasteiger partial charge in [0, 0.05) is 18.1 Å². The van der Waals surface area contributed by atoms with Crippen LogP contribution in [-0.4, -0.2) is 21.0 Å². The van der Waals surface area contributed by atoms with E-state index >= 15 is 0 Å². The fraction of sp³-hybridized carbons (Fsp3) is 0.118. The van der Waals surface area contributed by atoms with Crippen LogP contribution in [0.25, 0.3) is 5.69 Å². The maximum Gasteiger partial charge on any atom is 0.280 e. The third kappa shape index (κ3) is 3.24. The van der Waals surface area contributed by atoms with E-state index in [1.807, 2.05) is 38.1 Å². The number of nitrogens with zero attached hydrogens (tertiary/aromatic N) is 3. The molecule has 6 heteroatoms. The molecule has 23 heavy (non-hydrogen) atoms. The minimum atomic E-state index is -0.147. The first kappa shape index (κ1) is 15.2. The van der Waals surface area contributed by atoms with Crippen LogP contribution in [0.3, 0.4) is 0 Å². The molecule has 0 atom stereocenters. The number of aliphatic imine (C=N–C) groups is 1. The standard InChI is InChI=1S/C17H15ClN4O/c1-11-4-3-5-14(8-11)22-17(23)15(12(2)21-22)10-20-16-7-6-13(18)9-19-16/h3-10,21H,1-2H3. The van der Waals surface area contributed by atoms with E-state index < -0.39 is 0 Å². The van der Waals surface area contributed by atoms with E-state index in [1.165, 1.54) is 17.1 Å². The van der Waals surface area contributed by atoms with Crippen LogP contribution < -0.4 is 5.56 Å². The van der Waals surface area contributed by atoms with Gasteiger partial charge in [-0.05, 0) is 43.7 Å². The van der Waals surface area contributed by atoms with Crippen LogP contribution in [0.15, 0.2) is 52.4 Å². The van der Waals surface area contributed by atoms with Gasteiger partial charge in [-0.3, -0.25) is 9.89 Å². The predicted molar refractivity (Wildman–Crippen MR) is 92.4 cm³/mol. The summed E-state index contributed by atoms with van der Waals surface area (Å²) < 4.78 is 1.51. The van der Waals surface area contributed by atoms with Crippen molar-refractivity contribution in [2.24, 2.45) is 4.99 Å². The number of benzene rings is 1. The van der Waals surface area contributed by atoms with Gasteiger partial charge in [-0.15, -0.1) is 0 Å². The number of nitrogens with one attached hydrogen (secondary N) is 1. The monoisotopic (exact) mass is 326 g/mol. The van der Waals surface area contributed by atoms with Crippen molar-refractivity contribution < 1.29 is 0 Å². The molecule has 0 saturated heterocycles. The second kappa shape index (κ2) is 6.22. The third-order valence-electron chi connectivity index (χ3n) is 3.41. The summed E-state index contributed by atoms with van der Waals surface area (Å²) in [6, 6.07) is 11.1. The van der Waals surface area contributed by atoms with Crippen LogP contribution in [0.2, 0.25) is 5.02 Å². The van der Waals surface area contributed by atoms with Crippen LogP contribution in [0, 0.1) is 13.8 Å². The second-order valence-electron chi connectivity index (χ2n) is 5.22. The van der Waals surface area contributed by atoms with Crippen molar-refractivity contribution in [2.45, 2.75) is 13.8 Å². The van der Waals surface area contributed by atoms with Crippen LogP contribution >= 0.6 is 11.6 Å². The first-order chi connectivity index (χ1) is 11.0. The molecule has 0 aliphatic heterocycles. The average molecular weight is 327 g/mol. The van der Waals surface area contributed by atoms with Gasteiger partial charge in [0.05, 0.1) is 16.3 Å². The Hall–Kier alpha value is -2.66. The molecule has 3 aromatic rings. The molecule has 1 aromatic carbocycles. The van der Waals surface area contributed by atoms with Gasteiger partial charge < -0.3 is 0 Å². The molecule has 0 unspecified atom stereocenters. The SMILES string of the molecule is Cc1cccc(-n2[nH]c(C)c(C=Nc3ccc(Cl)cn3)c2=O)c1. The summed E-state index contributed by atoms with van der Waals surface area (Å²) in [5.41, 5.74) is 2.98. The molecule has 3 rings (SSSR count). The quantitative estimate of drug-likeness (QED) is 0.748. The minimum absolute atomic E-state index is 0.147. The van der Waals surface area contributed by atoms with Crippen molar-refractivity contribution >= 4 is 23.6 Å². The summed E-state index contributed by atoms with van der Waals surface area (Å²) in [6.07, 6.45) is 3.04. The van der Waals surface area contributed by atoms with Crippen molar-refractivity contribution in [3.05, 3.63) is 74.8 Å². The molecule has 116 valence electrons. The molecular formula is C17H15ClN4O. The van der Waals surface area contributed by atoms with Crippen molar-refractivity contribution in [1.82, 2.24) is 14.8 Å². The highest BCUT2D eigenvalue weighted by Crippen LogP contribution is 2.13. The first-order valence-corrected chi connectivity index (χ1v) is 7.46. The molecule has 0 aliphatic carbocycles. The number of aromatic nitrogens is 3. The van der Waals surface area contributed by atoms with Crippen molar-refractivity contribution in [1.29, 1.82) is 0 Å². The average Bonchev–Trinajstić information content (AvgIpc) is 2.82. The molecule has 5 nitrogen and oxygen atoms in total. The van der Waals surface area contributed by atoms with Gasteiger partial charge in [0.2, 0.25) is 0 Å². The zero-order valence-electron chi connectivity index (χ0n) is 12.7. The molecule has 2 aromatic heterocycles. The second-order valence-corrected chi connectivity index (χ2v) is 5.66. The summed E-state index contributed by atoms with van der Waals surface area (Å²) >= 11 is 5.79. The Morgan fingerprint density at radius 3 is 2.78 bits per heavy atom. The van der Waals surface area contributed by atoms with Gasteiger partial charge in [-0.25, -0.2) is 14.7 Å². The van der Waals surface area contributed by atoms with Crippen molar-refractivity contribution in [2.75, 3.05) is 0 Å². The normalized spacial score (nSPS) is 11.3. The Kier molecular flexibility index (Phi) is 4.12. The van der Waals surface area contributed by atoms with E-state index in [0.29, 0.717) is 16.4 Å². The van der Waals surface area contributed by atoms with Crippen LogP contribution in [0.4, 0.5) is 5.82 Å². The Morgan fingerprint density at radius 1 is 1.26 bits per heavy atom. The topological polar surface area (TPSA) is 63.0 Å². The molecule has 0 fully saturated rings. The Balaban J connectivity index is 1.98. The number of H-pyrrole nitrogens is 1. The van der Waals surface area contributed by atoms with E-state index in [2.05, 4.69) is 15.1 Å². The zero-order valence-corrected chi connectivity index (χ0v) is 13.5. The molecule has 0 bridgehead atoms. The van der Waals surface area contributed by atoms with Gasteiger partial charge in [-0.2, -0.15) is 0 Å². The summed E-state index contributed by atoms with van der Waals surface area (Å²) in [7, 11) is 0. The van der Waals surface area contributed by atoms with Gasteiger partial charge >= 0.3 is 0 Å².